The fraction of sp³-hybridized carbons (Fsp3) is 0.789. The zero-order valence-electron chi connectivity index (χ0n) is 13.7. The van der Waals surface area contributed by atoms with Crippen LogP contribution in [0.1, 0.15) is 58.8 Å². The highest BCUT2D eigenvalue weighted by molar-refractivity contribution is 6.43. The van der Waals surface area contributed by atoms with Crippen molar-refractivity contribution in [2.75, 3.05) is 0 Å². The number of nitrogens with zero attached hydrogens (tertiary/aromatic N) is 1. The van der Waals surface area contributed by atoms with Gasteiger partial charge in [0.2, 0.25) is 0 Å². The molecule has 3 saturated carbocycles. The molecule has 120 valence electrons. The fourth-order valence-corrected chi connectivity index (χ4v) is 6.53. The summed E-state index contributed by atoms with van der Waals surface area (Å²) in [5, 5.41) is 12.5. The predicted molar refractivity (Wildman–Crippen MR) is 85.9 cm³/mol. The van der Waals surface area contributed by atoms with Crippen LogP contribution >= 0.6 is 0 Å². The average molecular weight is 301 g/mol. The topological polar surface area (TPSA) is 49.7 Å². The van der Waals surface area contributed by atoms with Crippen LogP contribution in [0, 0.1) is 34.5 Å². The summed E-state index contributed by atoms with van der Waals surface area (Å²) in [5.74, 6) is 2.71. The zero-order chi connectivity index (χ0) is 15.5. The Morgan fingerprint density at radius 3 is 2.77 bits per heavy atom. The second-order valence-electron chi connectivity index (χ2n) is 8.60. The number of carbonyl (C=O) groups is 1. The maximum Gasteiger partial charge on any atom is 0.186 e. The lowest BCUT2D eigenvalue weighted by Gasteiger charge is -2.58. The highest BCUT2D eigenvalue weighted by Crippen LogP contribution is 2.64. The Morgan fingerprint density at radius 2 is 2.00 bits per heavy atom. The first-order valence-electron chi connectivity index (χ1n) is 8.91. The molecule has 4 aliphatic carbocycles. The van der Waals surface area contributed by atoms with E-state index in [-0.39, 0.29) is 11.2 Å². The number of hydrogen-bond acceptors (Lipinski definition) is 3. The highest BCUT2D eigenvalue weighted by atomic mass is 16.4. The molecule has 4 aliphatic rings. The van der Waals surface area contributed by atoms with E-state index in [9.17, 15) is 10.0 Å². The summed E-state index contributed by atoms with van der Waals surface area (Å²) in [4.78, 5) is 12.6. The minimum Gasteiger partial charge on any atom is -0.411 e. The summed E-state index contributed by atoms with van der Waals surface area (Å²) in [6.07, 6.45) is 12.6. The summed E-state index contributed by atoms with van der Waals surface area (Å²) in [5.41, 5.74) is 0.585. The molecule has 1 N–H and O–H groups in total. The summed E-state index contributed by atoms with van der Waals surface area (Å²) >= 11 is 0. The van der Waals surface area contributed by atoms with Crippen LogP contribution < -0.4 is 0 Å². The maximum atomic E-state index is 12.6. The maximum absolute atomic E-state index is 12.6. The predicted octanol–water partition coefficient (Wildman–Crippen LogP) is 4.20. The van der Waals surface area contributed by atoms with E-state index >= 15 is 0 Å². The van der Waals surface area contributed by atoms with Crippen molar-refractivity contribution in [3.05, 3.63) is 12.2 Å². The molecule has 0 unspecified atom stereocenters. The largest absolute Gasteiger partial charge is 0.411 e. The van der Waals surface area contributed by atoms with Crippen LogP contribution in [0.15, 0.2) is 17.3 Å². The third-order valence-electron chi connectivity index (χ3n) is 7.91. The van der Waals surface area contributed by atoms with Crippen molar-refractivity contribution in [3.63, 3.8) is 0 Å². The Hall–Kier alpha value is -1.12. The third-order valence-corrected chi connectivity index (χ3v) is 7.91. The van der Waals surface area contributed by atoms with E-state index in [4.69, 9.17) is 0 Å². The van der Waals surface area contributed by atoms with Gasteiger partial charge in [-0.3, -0.25) is 4.79 Å². The van der Waals surface area contributed by atoms with Crippen molar-refractivity contribution in [3.8, 4) is 0 Å². The van der Waals surface area contributed by atoms with Crippen molar-refractivity contribution in [1.82, 2.24) is 0 Å². The fourth-order valence-electron chi connectivity index (χ4n) is 6.53. The number of hydrogen-bond donors (Lipinski definition) is 1. The van der Waals surface area contributed by atoms with Crippen LogP contribution in [0.5, 0.6) is 0 Å². The SMILES string of the molecule is C[C@@]12CC=CC[C@@H]1CC[C@@H]1[C@H]2CC[C@@]2(C)C(=O)C(=NO)C[C@@H]12. The first kappa shape index (κ1) is 14.5. The lowest BCUT2D eigenvalue weighted by Crippen LogP contribution is -2.52. The molecule has 0 amide bonds. The molecular weight excluding hydrogens is 274 g/mol. The van der Waals surface area contributed by atoms with Gasteiger partial charge in [-0.15, -0.1) is 0 Å². The van der Waals surface area contributed by atoms with E-state index in [0.717, 1.165) is 18.3 Å². The molecular formula is C19H27NO2. The molecule has 3 heteroatoms. The van der Waals surface area contributed by atoms with E-state index in [1.165, 1.54) is 32.1 Å². The number of fused-ring (bicyclic) bond motifs is 5. The van der Waals surface area contributed by atoms with Gasteiger partial charge in [0, 0.05) is 11.8 Å². The summed E-state index contributed by atoms with van der Waals surface area (Å²) in [6.45, 7) is 4.63. The van der Waals surface area contributed by atoms with Crippen LogP contribution in [0.2, 0.25) is 0 Å². The first-order chi connectivity index (χ1) is 10.5. The first-order valence-corrected chi connectivity index (χ1v) is 8.91. The molecule has 0 aromatic rings. The molecule has 3 fully saturated rings. The molecule has 0 heterocycles. The monoisotopic (exact) mass is 301 g/mol. The van der Waals surface area contributed by atoms with Crippen LogP contribution in [0.3, 0.4) is 0 Å². The second kappa shape index (κ2) is 4.69. The Labute approximate surface area is 132 Å². The standard InChI is InChI=1S/C19H27NO2/c1-18-9-4-3-5-12(18)6-7-13-14(18)8-10-19(2)15(13)11-16(20-22)17(19)21/h3-4,12-15,22H,5-11H2,1-2H3/t12-,13-,14-,15+,18-,19-/m1/s1. The molecule has 0 aromatic heterocycles. The molecule has 3 nitrogen and oxygen atoms in total. The van der Waals surface area contributed by atoms with Gasteiger partial charge >= 0.3 is 0 Å². The minimum atomic E-state index is -0.267. The van der Waals surface area contributed by atoms with Crippen LogP contribution in [-0.2, 0) is 4.79 Å². The van der Waals surface area contributed by atoms with Gasteiger partial charge in [0.05, 0.1) is 0 Å². The van der Waals surface area contributed by atoms with Gasteiger partial charge in [-0.2, -0.15) is 0 Å². The number of ketones is 1. The van der Waals surface area contributed by atoms with Gasteiger partial charge in [0.1, 0.15) is 5.71 Å². The van der Waals surface area contributed by atoms with E-state index in [1.807, 2.05) is 0 Å². The van der Waals surface area contributed by atoms with Crippen molar-refractivity contribution in [1.29, 1.82) is 0 Å². The molecule has 0 saturated heterocycles. The summed E-state index contributed by atoms with van der Waals surface area (Å²) < 4.78 is 0. The molecule has 4 rings (SSSR count). The quantitative estimate of drug-likeness (QED) is 0.414. The van der Waals surface area contributed by atoms with Crippen LogP contribution in [0.4, 0.5) is 0 Å². The Kier molecular flexibility index (Phi) is 3.08. The number of carbonyl (C=O) groups excluding carboxylic acids is 1. The van der Waals surface area contributed by atoms with Crippen LogP contribution in [-0.4, -0.2) is 16.7 Å². The summed E-state index contributed by atoms with van der Waals surface area (Å²) in [7, 11) is 0. The average Bonchev–Trinajstić information content (AvgIpc) is 2.78. The minimum absolute atomic E-state index is 0.120. The molecule has 6 atom stereocenters. The molecule has 0 bridgehead atoms. The van der Waals surface area contributed by atoms with Crippen molar-refractivity contribution < 1.29 is 10.0 Å². The van der Waals surface area contributed by atoms with Crippen molar-refractivity contribution in [2.24, 2.45) is 39.7 Å². The lowest BCUT2D eigenvalue weighted by atomic mass is 9.46. The van der Waals surface area contributed by atoms with Crippen molar-refractivity contribution >= 4 is 11.5 Å². The number of allylic oxidation sites excluding steroid dienone is 2. The van der Waals surface area contributed by atoms with E-state index < -0.39 is 0 Å². The van der Waals surface area contributed by atoms with E-state index in [1.54, 1.807) is 0 Å². The Bertz CT molecular complexity index is 566. The lowest BCUT2D eigenvalue weighted by molar-refractivity contribution is -0.133. The number of Topliss-reactive ketones (excluding diaryl/α,β-unsaturated/α-hetero) is 1. The molecule has 0 radical (unpaired) electrons. The number of rotatable bonds is 0. The molecule has 0 aromatic carbocycles. The van der Waals surface area contributed by atoms with Gasteiger partial charge in [-0.05, 0) is 67.6 Å². The second-order valence-corrected chi connectivity index (χ2v) is 8.60. The highest BCUT2D eigenvalue weighted by Gasteiger charge is 2.61. The van der Waals surface area contributed by atoms with E-state index in [0.29, 0.717) is 29.4 Å². The van der Waals surface area contributed by atoms with Crippen LogP contribution in [0.25, 0.3) is 0 Å². The molecule has 0 aliphatic heterocycles. The van der Waals surface area contributed by atoms with Gasteiger partial charge in [0.15, 0.2) is 5.78 Å². The van der Waals surface area contributed by atoms with Gasteiger partial charge < -0.3 is 5.21 Å². The normalized spacial score (nSPS) is 52.3. The third kappa shape index (κ3) is 1.68. The zero-order valence-corrected chi connectivity index (χ0v) is 13.7. The number of oxime groups is 1. The van der Waals surface area contributed by atoms with E-state index in [2.05, 4.69) is 31.2 Å². The molecule has 22 heavy (non-hydrogen) atoms. The van der Waals surface area contributed by atoms with Gasteiger partial charge in [-0.1, -0.05) is 31.2 Å². The van der Waals surface area contributed by atoms with Crippen molar-refractivity contribution in [2.45, 2.75) is 58.8 Å². The Morgan fingerprint density at radius 1 is 1.18 bits per heavy atom. The summed E-state index contributed by atoms with van der Waals surface area (Å²) in [6, 6.07) is 0. The van der Waals surface area contributed by atoms with Gasteiger partial charge in [0.25, 0.3) is 0 Å². The Balaban J connectivity index is 1.70. The molecule has 0 spiro atoms. The van der Waals surface area contributed by atoms with Gasteiger partial charge in [-0.25, -0.2) is 0 Å². The smallest absolute Gasteiger partial charge is 0.186 e.